The lowest BCUT2D eigenvalue weighted by atomic mass is 10.0. The summed E-state index contributed by atoms with van der Waals surface area (Å²) in [5, 5.41) is 0.951. The highest BCUT2D eigenvalue weighted by Crippen LogP contribution is 2.27. The van der Waals surface area contributed by atoms with E-state index in [4.69, 9.17) is 28.9 Å². The quantitative estimate of drug-likeness (QED) is 0.612. The van der Waals surface area contributed by atoms with Crippen LogP contribution in [0.4, 0.5) is 10.1 Å². The number of nitrogens with one attached hydrogen (secondary N) is 1. The second-order valence-electron chi connectivity index (χ2n) is 7.25. The Balaban J connectivity index is 1.58. The maximum absolute atomic E-state index is 14.3. The topological polar surface area (TPSA) is 84.1 Å². The Morgan fingerprint density at radius 1 is 1.24 bits per heavy atom. The summed E-state index contributed by atoms with van der Waals surface area (Å²) in [4.78, 5) is 29.6. The highest BCUT2D eigenvalue weighted by atomic mass is 35.5. The smallest absolute Gasteiger partial charge is 0.326 e. The molecule has 3 N–H and O–H groups in total. The molecule has 2 heterocycles. The Morgan fingerprint density at radius 3 is 2.69 bits per heavy atom. The van der Waals surface area contributed by atoms with Crippen LogP contribution in [0.2, 0.25) is 10.0 Å². The summed E-state index contributed by atoms with van der Waals surface area (Å²) in [5.41, 5.74) is 6.44. The van der Waals surface area contributed by atoms with E-state index < -0.39 is 11.5 Å². The molecular formula is C20H19Cl2FN4O2. The Bertz CT molecular complexity index is 1140. The number of carbonyl (C=O) groups is 1. The third kappa shape index (κ3) is 3.84. The van der Waals surface area contributed by atoms with Crippen molar-refractivity contribution in [2.75, 3.05) is 18.8 Å². The van der Waals surface area contributed by atoms with Gasteiger partial charge < -0.3 is 15.6 Å². The van der Waals surface area contributed by atoms with Crippen LogP contribution in [0.5, 0.6) is 0 Å². The van der Waals surface area contributed by atoms with Crippen molar-refractivity contribution in [1.29, 1.82) is 0 Å². The molecule has 1 amide bonds. The molecule has 0 unspecified atom stereocenters. The van der Waals surface area contributed by atoms with Crippen LogP contribution in [0.3, 0.4) is 0 Å². The van der Waals surface area contributed by atoms with E-state index in [9.17, 15) is 14.0 Å². The molecule has 2 aromatic carbocycles. The van der Waals surface area contributed by atoms with Crippen molar-refractivity contribution in [3.05, 3.63) is 62.2 Å². The van der Waals surface area contributed by atoms with E-state index >= 15 is 0 Å². The molecule has 1 atom stereocenters. The minimum atomic E-state index is -0.639. The van der Waals surface area contributed by atoms with Crippen molar-refractivity contribution >= 4 is 45.8 Å². The van der Waals surface area contributed by atoms with Gasteiger partial charge in [0.2, 0.25) is 5.91 Å². The number of hydrogen-bond acceptors (Lipinski definition) is 3. The minimum Gasteiger partial charge on any atom is -0.396 e. The Morgan fingerprint density at radius 2 is 1.97 bits per heavy atom. The lowest BCUT2D eigenvalue weighted by molar-refractivity contribution is -0.132. The first-order valence-electron chi connectivity index (χ1n) is 9.24. The summed E-state index contributed by atoms with van der Waals surface area (Å²) in [7, 11) is 0. The number of H-pyrrole nitrogens is 1. The van der Waals surface area contributed by atoms with E-state index in [-0.39, 0.29) is 29.6 Å². The van der Waals surface area contributed by atoms with Crippen molar-refractivity contribution in [2.45, 2.75) is 25.3 Å². The van der Waals surface area contributed by atoms with Crippen LogP contribution in [-0.4, -0.2) is 33.4 Å². The zero-order valence-electron chi connectivity index (χ0n) is 15.4. The number of halogens is 3. The average Bonchev–Trinajstić information content (AvgIpc) is 3.01. The number of amides is 1. The number of likely N-dealkylation sites (tertiary alicyclic amines) is 1. The first-order chi connectivity index (χ1) is 13.8. The van der Waals surface area contributed by atoms with Crippen LogP contribution in [0, 0.1) is 5.82 Å². The molecule has 1 aliphatic heterocycles. The second kappa shape index (κ2) is 7.72. The number of carbonyl (C=O) groups excluding carboxylic acids is 1. The van der Waals surface area contributed by atoms with Crippen molar-refractivity contribution in [3.8, 4) is 0 Å². The van der Waals surface area contributed by atoms with Gasteiger partial charge >= 0.3 is 5.69 Å². The number of benzene rings is 2. The third-order valence-corrected chi connectivity index (χ3v) is 5.69. The molecule has 1 fully saturated rings. The molecule has 0 radical (unpaired) electrons. The van der Waals surface area contributed by atoms with Crippen LogP contribution < -0.4 is 11.4 Å². The molecule has 4 rings (SSSR count). The number of imidazole rings is 1. The maximum Gasteiger partial charge on any atom is 0.326 e. The lowest BCUT2D eigenvalue weighted by Gasteiger charge is -2.33. The summed E-state index contributed by atoms with van der Waals surface area (Å²) in [6.07, 6.45) is 1.62. The van der Waals surface area contributed by atoms with Gasteiger partial charge in [0.15, 0.2) is 5.82 Å². The van der Waals surface area contributed by atoms with Crippen molar-refractivity contribution in [2.24, 2.45) is 0 Å². The zero-order chi connectivity index (χ0) is 20.7. The predicted octanol–water partition coefficient (Wildman–Crippen LogP) is 3.76. The van der Waals surface area contributed by atoms with E-state index in [2.05, 4.69) is 4.98 Å². The van der Waals surface area contributed by atoms with Crippen LogP contribution in [0.25, 0.3) is 11.0 Å². The molecule has 6 nitrogen and oxygen atoms in total. The van der Waals surface area contributed by atoms with Crippen molar-refractivity contribution < 1.29 is 9.18 Å². The van der Waals surface area contributed by atoms with Crippen LogP contribution in [-0.2, 0) is 11.2 Å². The van der Waals surface area contributed by atoms with Gasteiger partial charge in [0.25, 0.3) is 0 Å². The van der Waals surface area contributed by atoms with Gasteiger partial charge in [-0.25, -0.2) is 9.18 Å². The molecule has 0 saturated carbocycles. The molecule has 3 aromatic rings. The molecule has 152 valence electrons. The van der Waals surface area contributed by atoms with Gasteiger partial charge in [0.05, 0.1) is 23.7 Å². The molecule has 1 aromatic heterocycles. The SMILES string of the molecule is Nc1ccc2c([nH]c(=O)n2[C@H]2CCCN(C(=O)Cc3cc(Cl)cc(Cl)c3)C2)c1F. The van der Waals surface area contributed by atoms with E-state index in [1.54, 1.807) is 29.2 Å². The monoisotopic (exact) mass is 436 g/mol. The summed E-state index contributed by atoms with van der Waals surface area (Å²) < 4.78 is 15.8. The fourth-order valence-electron chi connectivity index (χ4n) is 3.93. The van der Waals surface area contributed by atoms with E-state index in [0.29, 0.717) is 35.1 Å². The fourth-order valence-corrected chi connectivity index (χ4v) is 4.50. The number of nitrogen functional groups attached to an aromatic ring is 1. The number of piperidine rings is 1. The number of hydrogen-bond donors (Lipinski definition) is 2. The molecule has 0 aliphatic carbocycles. The standard InChI is InChI=1S/C20H19Cl2FN4O2/c21-12-6-11(7-13(22)9-12)8-17(28)26-5-1-2-14(10-26)27-16-4-3-15(24)18(23)19(16)25-20(27)29/h3-4,6-7,9,14H,1-2,5,8,10,24H2,(H,25,29)/t14-/m0/s1. The van der Waals surface area contributed by atoms with Gasteiger partial charge in [0, 0.05) is 23.1 Å². The molecule has 29 heavy (non-hydrogen) atoms. The average molecular weight is 437 g/mol. The van der Waals surface area contributed by atoms with Crippen LogP contribution in [0.1, 0.15) is 24.4 Å². The number of anilines is 1. The number of nitrogens with zero attached hydrogens (tertiary/aromatic N) is 2. The Labute approximate surface area is 176 Å². The van der Waals surface area contributed by atoms with E-state index in [0.717, 1.165) is 12.0 Å². The van der Waals surface area contributed by atoms with Gasteiger partial charge in [-0.3, -0.25) is 9.36 Å². The lowest BCUT2D eigenvalue weighted by Crippen LogP contribution is -2.43. The van der Waals surface area contributed by atoms with Crippen LogP contribution in [0.15, 0.2) is 35.1 Å². The van der Waals surface area contributed by atoms with Gasteiger partial charge in [-0.15, -0.1) is 0 Å². The number of nitrogens with two attached hydrogens (primary N) is 1. The van der Waals surface area contributed by atoms with Gasteiger partial charge in [-0.2, -0.15) is 0 Å². The first kappa shape index (κ1) is 19.8. The molecular weight excluding hydrogens is 418 g/mol. The second-order valence-corrected chi connectivity index (χ2v) is 8.13. The van der Waals surface area contributed by atoms with Gasteiger partial charge in [0.1, 0.15) is 5.52 Å². The summed E-state index contributed by atoms with van der Waals surface area (Å²) in [6, 6.07) is 7.86. The molecule has 0 bridgehead atoms. The number of aromatic nitrogens is 2. The highest BCUT2D eigenvalue weighted by Gasteiger charge is 2.28. The Kier molecular flexibility index (Phi) is 5.27. The number of fused-ring (bicyclic) bond motifs is 1. The minimum absolute atomic E-state index is 0.0217. The van der Waals surface area contributed by atoms with Crippen molar-refractivity contribution in [1.82, 2.24) is 14.5 Å². The normalized spacial score (nSPS) is 17.1. The zero-order valence-corrected chi connectivity index (χ0v) is 16.9. The predicted molar refractivity (Wildman–Crippen MR) is 112 cm³/mol. The number of aromatic amines is 1. The van der Waals surface area contributed by atoms with E-state index in [1.165, 1.54) is 10.6 Å². The largest absolute Gasteiger partial charge is 0.396 e. The first-order valence-corrected chi connectivity index (χ1v) is 10.00. The van der Waals surface area contributed by atoms with Crippen molar-refractivity contribution in [3.63, 3.8) is 0 Å². The number of rotatable bonds is 3. The third-order valence-electron chi connectivity index (χ3n) is 5.25. The van der Waals surface area contributed by atoms with Crippen LogP contribution >= 0.6 is 23.2 Å². The maximum atomic E-state index is 14.3. The Hall–Kier alpha value is -2.51. The summed E-state index contributed by atoms with van der Waals surface area (Å²) >= 11 is 12.0. The highest BCUT2D eigenvalue weighted by molar-refractivity contribution is 6.34. The molecule has 1 saturated heterocycles. The fraction of sp³-hybridized carbons (Fsp3) is 0.300. The van der Waals surface area contributed by atoms with Gasteiger partial charge in [-0.05, 0) is 48.7 Å². The molecule has 0 spiro atoms. The van der Waals surface area contributed by atoms with Gasteiger partial charge in [-0.1, -0.05) is 23.2 Å². The van der Waals surface area contributed by atoms with E-state index in [1.807, 2.05) is 0 Å². The molecule has 1 aliphatic rings. The summed E-state index contributed by atoms with van der Waals surface area (Å²) in [5.74, 6) is -0.712. The molecule has 9 heteroatoms. The summed E-state index contributed by atoms with van der Waals surface area (Å²) in [6.45, 7) is 0.966.